The summed E-state index contributed by atoms with van der Waals surface area (Å²) in [5.74, 6) is 0. The van der Waals surface area contributed by atoms with E-state index in [0.29, 0.717) is 22.0 Å². The fourth-order valence-electron chi connectivity index (χ4n) is 3.30. The Hall–Kier alpha value is -4.41. The molecule has 1 N–H and O–H groups in total. The lowest BCUT2D eigenvalue weighted by Crippen LogP contribution is -2.43. The van der Waals surface area contributed by atoms with Gasteiger partial charge in [0.1, 0.15) is 12.2 Å². The highest BCUT2D eigenvalue weighted by molar-refractivity contribution is 5.91. The van der Waals surface area contributed by atoms with E-state index in [0.717, 1.165) is 16.8 Å². The van der Waals surface area contributed by atoms with Crippen LogP contribution in [0.15, 0.2) is 67.1 Å². The molecule has 3 aromatic heterocycles. The maximum absolute atomic E-state index is 12.5. The fourth-order valence-corrected chi connectivity index (χ4v) is 3.30. The molecule has 2 amide bonds. The Bertz CT molecular complexity index is 1340. The number of carbonyl (C=O) groups excluding carboxylic acids is 2. The monoisotopic (exact) mass is 469 g/mol. The molecule has 11 heteroatoms. The lowest BCUT2D eigenvalue weighted by molar-refractivity contribution is -0.129. The van der Waals surface area contributed by atoms with Crippen molar-refractivity contribution in [1.29, 1.82) is 0 Å². The maximum Gasteiger partial charge on any atom is 0.405 e. The molecule has 0 radical (unpaired) electrons. The van der Waals surface area contributed by atoms with Crippen molar-refractivity contribution < 1.29 is 27.6 Å². The molecule has 1 aromatic carbocycles. The summed E-state index contributed by atoms with van der Waals surface area (Å²) in [6.07, 6.45) is 0.597. The van der Waals surface area contributed by atoms with E-state index < -0.39 is 18.8 Å². The van der Waals surface area contributed by atoms with Crippen LogP contribution in [0.5, 0.6) is 0 Å². The van der Waals surface area contributed by atoms with Crippen molar-refractivity contribution in [2.75, 3.05) is 11.6 Å². The number of carbonyl (C=O) groups is 2. The summed E-state index contributed by atoms with van der Waals surface area (Å²) in [4.78, 5) is 36.5. The van der Waals surface area contributed by atoms with Gasteiger partial charge in [0.2, 0.25) is 0 Å². The SMILES string of the molecule is Cc1ccc(-c2ccn3c(-c4cccc(N(OC=O)C(=O)NCC(F)(F)F)c4)cnc3c2)nc1. The van der Waals surface area contributed by atoms with Crippen LogP contribution in [0.4, 0.5) is 23.7 Å². The number of halogens is 3. The van der Waals surface area contributed by atoms with Gasteiger partial charge in [-0.25, -0.2) is 9.78 Å². The van der Waals surface area contributed by atoms with Gasteiger partial charge < -0.3 is 10.2 Å². The van der Waals surface area contributed by atoms with Crippen molar-refractivity contribution in [2.45, 2.75) is 13.1 Å². The first-order valence-electron chi connectivity index (χ1n) is 10.0. The topological polar surface area (TPSA) is 88.8 Å². The lowest BCUT2D eigenvalue weighted by atomic mass is 10.1. The van der Waals surface area contributed by atoms with E-state index in [4.69, 9.17) is 0 Å². The van der Waals surface area contributed by atoms with E-state index in [1.165, 1.54) is 12.1 Å². The van der Waals surface area contributed by atoms with Gasteiger partial charge in [0.25, 0.3) is 0 Å². The second-order valence-corrected chi connectivity index (χ2v) is 7.33. The summed E-state index contributed by atoms with van der Waals surface area (Å²) in [6.45, 7) is 0.334. The number of nitrogens with one attached hydrogen (secondary N) is 1. The smallest absolute Gasteiger partial charge is 0.335 e. The summed E-state index contributed by atoms with van der Waals surface area (Å²) in [5, 5.41) is 2.12. The molecule has 0 saturated heterocycles. The Labute approximate surface area is 191 Å². The second-order valence-electron chi connectivity index (χ2n) is 7.33. The molecule has 174 valence electrons. The quantitative estimate of drug-likeness (QED) is 0.331. The zero-order valence-corrected chi connectivity index (χ0v) is 17.8. The Kier molecular flexibility index (Phi) is 6.17. The number of amides is 2. The number of urea groups is 1. The number of anilines is 1. The van der Waals surface area contributed by atoms with Crippen LogP contribution in [0.3, 0.4) is 0 Å². The summed E-state index contributed by atoms with van der Waals surface area (Å²) in [6, 6.07) is 12.6. The Morgan fingerprint density at radius 1 is 1.12 bits per heavy atom. The number of hydrogen-bond donors (Lipinski definition) is 1. The van der Waals surface area contributed by atoms with Crippen LogP contribution in [-0.4, -0.2) is 39.6 Å². The third-order valence-electron chi connectivity index (χ3n) is 4.87. The molecule has 0 atom stereocenters. The van der Waals surface area contributed by atoms with Crippen LogP contribution < -0.4 is 10.4 Å². The normalized spacial score (nSPS) is 11.3. The minimum atomic E-state index is -4.62. The third kappa shape index (κ3) is 4.98. The van der Waals surface area contributed by atoms with Crippen LogP contribution in [0, 0.1) is 6.92 Å². The number of alkyl halides is 3. The van der Waals surface area contributed by atoms with E-state index in [9.17, 15) is 22.8 Å². The highest BCUT2D eigenvalue weighted by Crippen LogP contribution is 2.28. The van der Waals surface area contributed by atoms with E-state index in [2.05, 4.69) is 14.8 Å². The number of rotatable bonds is 6. The summed E-state index contributed by atoms with van der Waals surface area (Å²) in [5.41, 5.74) is 4.67. The minimum Gasteiger partial charge on any atom is -0.335 e. The predicted molar refractivity (Wildman–Crippen MR) is 118 cm³/mol. The highest BCUT2D eigenvalue weighted by Gasteiger charge is 2.30. The fraction of sp³-hybridized carbons (Fsp3) is 0.130. The minimum absolute atomic E-state index is 0.0469. The Morgan fingerprint density at radius 3 is 2.65 bits per heavy atom. The number of hydroxylamine groups is 1. The average molecular weight is 469 g/mol. The standard InChI is InChI=1S/C23H18F3N5O3/c1-15-5-6-19(27-11-15)16-7-8-30-20(12-28-21(30)10-16)17-3-2-4-18(9-17)31(34-14-32)22(33)29-13-23(24,25)26/h2-12,14H,13H2,1H3,(H,29,33). The molecular weight excluding hydrogens is 451 g/mol. The first-order valence-corrected chi connectivity index (χ1v) is 10.0. The van der Waals surface area contributed by atoms with Crippen molar-refractivity contribution >= 4 is 23.8 Å². The number of aryl methyl sites for hydroxylation is 1. The molecule has 3 heterocycles. The Balaban J connectivity index is 1.64. The molecule has 0 spiro atoms. The van der Waals surface area contributed by atoms with E-state index >= 15 is 0 Å². The maximum atomic E-state index is 12.5. The van der Waals surface area contributed by atoms with Crippen LogP contribution >= 0.6 is 0 Å². The molecule has 0 unspecified atom stereocenters. The molecule has 34 heavy (non-hydrogen) atoms. The number of aromatic nitrogens is 3. The van der Waals surface area contributed by atoms with Gasteiger partial charge in [-0.3, -0.25) is 14.2 Å². The summed E-state index contributed by atoms with van der Waals surface area (Å²) in [7, 11) is 0. The Morgan fingerprint density at radius 2 is 1.94 bits per heavy atom. The number of nitrogens with zero attached hydrogens (tertiary/aromatic N) is 4. The average Bonchev–Trinajstić information content (AvgIpc) is 3.24. The van der Waals surface area contributed by atoms with Crippen molar-refractivity contribution in [3.05, 3.63) is 72.7 Å². The van der Waals surface area contributed by atoms with Gasteiger partial charge >= 0.3 is 18.7 Å². The van der Waals surface area contributed by atoms with Crippen LogP contribution in [0.25, 0.3) is 28.2 Å². The zero-order valence-electron chi connectivity index (χ0n) is 17.8. The number of imidazole rings is 1. The molecule has 0 aliphatic carbocycles. The van der Waals surface area contributed by atoms with E-state index in [-0.39, 0.29) is 12.2 Å². The van der Waals surface area contributed by atoms with Gasteiger partial charge in [0.05, 0.1) is 23.3 Å². The number of fused-ring (bicyclic) bond motifs is 1. The number of benzene rings is 1. The van der Waals surface area contributed by atoms with Crippen LogP contribution in [-0.2, 0) is 9.63 Å². The third-order valence-corrected chi connectivity index (χ3v) is 4.87. The lowest BCUT2D eigenvalue weighted by Gasteiger charge is -2.20. The van der Waals surface area contributed by atoms with Crippen LogP contribution in [0.2, 0.25) is 0 Å². The van der Waals surface area contributed by atoms with Gasteiger partial charge in [-0.15, -0.1) is 5.06 Å². The predicted octanol–water partition coefficient (Wildman–Crippen LogP) is 4.54. The first kappa shape index (κ1) is 22.8. The first-order chi connectivity index (χ1) is 16.2. The van der Waals surface area contributed by atoms with E-state index in [1.54, 1.807) is 29.8 Å². The molecule has 0 aliphatic heterocycles. The summed E-state index contributed by atoms with van der Waals surface area (Å²) >= 11 is 0. The van der Waals surface area contributed by atoms with Gasteiger partial charge in [-0.05, 0) is 42.8 Å². The molecule has 0 aliphatic rings. The van der Waals surface area contributed by atoms with Crippen molar-refractivity contribution in [2.24, 2.45) is 0 Å². The molecule has 8 nitrogen and oxygen atoms in total. The second kappa shape index (κ2) is 9.22. The van der Waals surface area contributed by atoms with Gasteiger partial charge in [0, 0.05) is 23.5 Å². The molecule has 0 saturated carbocycles. The molecule has 0 bridgehead atoms. The van der Waals surface area contributed by atoms with E-state index in [1.807, 2.05) is 41.8 Å². The van der Waals surface area contributed by atoms with Crippen molar-refractivity contribution in [3.63, 3.8) is 0 Å². The van der Waals surface area contributed by atoms with Crippen molar-refractivity contribution in [3.8, 4) is 22.5 Å². The van der Waals surface area contributed by atoms with Crippen LogP contribution in [0.1, 0.15) is 5.56 Å². The van der Waals surface area contributed by atoms with Gasteiger partial charge in [0.15, 0.2) is 0 Å². The zero-order chi connectivity index (χ0) is 24.3. The molecular formula is C23H18F3N5O3. The number of hydrogen-bond acceptors (Lipinski definition) is 5. The highest BCUT2D eigenvalue weighted by atomic mass is 19.4. The summed E-state index contributed by atoms with van der Waals surface area (Å²) < 4.78 is 39.2. The molecule has 4 aromatic rings. The molecule has 0 fully saturated rings. The molecule has 4 rings (SSSR count). The van der Waals surface area contributed by atoms with Gasteiger partial charge in [-0.1, -0.05) is 18.2 Å². The largest absolute Gasteiger partial charge is 0.405 e. The number of pyridine rings is 2. The van der Waals surface area contributed by atoms with Crippen molar-refractivity contribution in [1.82, 2.24) is 19.7 Å². The van der Waals surface area contributed by atoms with Gasteiger partial charge in [-0.2, -0.15) is 13.2 Å².